The average molecular weight is 317 g/mol. The van der Waals surface area contributed by atoms with E-state index in [1.54, 1.807) is 0 Å². The maximum atomic E-state index is 12.0. The summed E-state index contributed by atoms with van der Waals surface area (Å²) >= 11 is 0. The number of rotatable bonds is 9. The van der Waals surface area contributed by atoms with Crippen molar-refractivity contribution < 1.29 is 18.1 Å². The number of nitrogens with zero attached hydrogens (tertiary/aromatic N) is 1. The summed E-state index contributed by atoms with van der Waals surface area (Å²) < 4.78 is 31.4. The molecule has 1 aromatic rings. The third-order valence-electron chi connectivity index (χ3n) is 2.68. The first-order valence-corrected chi connectivity index (χ1v) is 7.93. The molecule has 0 heterocycles. The third kappa shape index (κ3) is 4.96. The highest BCUT2D eigenvalue weighted by Gasteiger charge is 2.20. The maximum absolute atomic E-state index is 12.0. The van der Waals surface area contributed by atoms with Crippen molar-refractivity contribution in [3.8, 4) is 5.75 Å². The van der Waals surface area contributed by atoms with Crippen molar-refractivity contribution >= 4 is 15.7 Å². The van der Waals surface area contributed by atoms with E-state index in [4.69, 9.17) is 4.74 Å². The molecule has 21 heavy (non-hydrogen) atoms. The lowest BCUT2D eigenvalue weighted by atomic mass is 10.3. The molecule has 1 aromatic carbocycles. The maximum Gasteiger partial charge on any atom is 0.310 e. The van der Waals surface area contributed by atoms with Gasteiger partial charge in [-0.3, -0.25) is 10.1 Å². The normalized spacial score (nSPS) is 11.3. The predicted molar refractivity (Wildman–Crippen MR) is 78.0 cm³/mol. The van der Waals surface area contributed by atoms with E-state index in [0.29, 0.717) is 6.54 Å². The van der Waals surface area contributed by atoms with E-state index < -0.39 is 14.9 Å². The fraction of sp³-hybridized carbons (Fsp3) is 0.500. The molecule has 0 aromatic heterocycles. The van der Waals surface area contributed by atoms with Crippen molar-refractivity contribution in [1.82, 2.24) is 10.0 Å². The van der Waals surface area contributed by atoms with Crippen LogP contribution in [0.15, 0.2) is 23.1 Å². The Kier molecular flexibility index (Phi) is 6.53. The fourth-order valence-corrected chi connectivity index (χ4v) is 2.68. The molecule has 0 aliphatic heterocycles. The minimum Gasteiger partial charge on any atom is -0.490 e. The van der Waals surface area contributed by atoms with Gasteiger partial charge in [0.15, 0.2) is 5.75 Å². The summed E-state index contributed by atoms with van der Waals surface area (Å²) in [4.78, 5) is 10.1. The highest BCUT2D eigenvalue weighted by atomic mass is 32.2. The van der Waals surface area contributed by atoms with E-state index in [-0.39, 0.29) is 22.9 Å². The van der Waals surface area contributed by atoms with Crippen LogP contribution in [0.25, 0.3) is 0 Å². The molecule has 0 bridgehead atoms. The Morgan fingerprint density at radius 3 is 2.57 bits per heavy atom. The lowest BCUT2D eigenvalue weighted by molar-refractivity contribution is -0.385. The number of ether oxygens (including phenoxy) is 1. The van der Waals surface area contributed by atoms with E-state index in [0.717, 1.165) is 25.1 Å². The SMILES string of the molecule is CCCNCCNS(=O)(=O)c1ccc([N+](=O)[O-])c(OC)c1. The van der Waals surface area contributed by atoms with Crippen LogP contribution < -0.4 is 14.8 Å². The first kappa shape index (κ1) is 17.3. The summed E-state index contributed by atoms with van der Waals surface area (Å²) in [5.41, 5.74) is -0.277. The zero-order chi connectivity index (χ0) is 15.9. The van der Waals surface area contributed by atoms with Crippen LogP contribution >= 0.6 is 0 Å². The molecule has 0 aliphatic carbocycles. The van der Waals surface area contributed by atoms with E-state index in [1.807, 2.05) is 6.92 Å². The van der Waals surface area contributed by atoms with Crippen LogP contribution in [0.4, 0.5) is 5.69 Å². The molecule has 118 valence electrons. The Hall–Kier alpha value is -1.71. The fourth-order valence-electron chi connectivity index (χ4n) is 1.63. The average Bonchev–Trinajstić information content (AvgIpc) is 2.46. The number of methoxy groups -OCH3 is 1. The van der Waals surface area contributed by atoms with Gasteiger partial charge in [-0.25, -0.2) is 13.1 Å². The second kappa shape index (κ2) is 7.91. The zero-order valence-electron chi connectivity index (χ0n) is 12.0. The Balaban J connectivity index is 2.81. The third-order valence-corrected chi connectivity index (χ3v) is 4.14. The number of nitrogens with one attached hydrogen (secondary N) is 2. The van der Waals surface area contributed by atoms with E-state index in [2.05, 4.69) is 10.0 Å². The Morgan fingerprint density at radius 2 is 2.00 bits per heavy atom. The van der Waals surface area contributed by atoms with Gasteiger partial charge in [0.25, 0.3) is 0 Å². The molecule has 8 nitrogen and oxygen atoms in total. The van der Waals surface area contributed by atoms with Gasteiger partial charge >= 0.3 is 5.69 Å². The van der Waals surface area contributed by atoms with Crippen molar-refractivity contribution in [2.45, 2.75) is 18.2 Å². The van der Waals surface area contributed by atoms with Gasteiger partial charge in [-0.2, -0.15) is 0 Å². The van der Waals surface area contributed by atoms with Crippen molar-refractivity contribution in [3.63, 3.8) is 0 Å². The molecule has 9 heteroatoms. The highest BCUT2D eigenvalue weighted by molar-refractivity contribution is 7.89. The van der Waals surface area contributed by atoms with Gasteiger partial charge in [0.1, 0.15) is 0 Å². The molecule has 0 saturated carbocycles. The smallest absolute Gasteiger partial charge is 0.310 e. The standard InChI is InChI=1S/C12H19N3O5S/c1-3-6-13-7-8-14-21(18,19)10-4-5-11(15(16)17)12(9-10)20-2/h4-5,9,13-14H,3,6-8H2,1-2H3. The number of nitro groups is 1. The molecule has 0 radical (unpaired) electrons. The van der Waals surface area contributed by atoms with Crippen molar-refractivity contribution in [3.05, 3.63) is 28.3 Å². The first-order valence-electron chi connectivity index (χ1n) is 6.45. The summed E-state index contributed by atoms with van der Waals surface area (Å²) in [6.45, 7) is 3.58. The minimum atomic E-state index is -3.72. The lowest BCUT2D eigenvalue weighted by Crippen LogP contribution is -2.32. The van der Waals surface area contributed by atoms with Crippen molar-refractivity contribution in [2.75, 3.05) is 26.7 Å². The van der Waals surface area contributed by atoms with Gasteiger partial charge in [-0.15, -0.1) is 0 Å². The molecular formula is C12H19N3O5S. The van der Waals surface area contributed by atoms with Crippen molar-refractivity contribution in [2.24, 2.45) is 0 Å². The zero-order valence-corrected chi connectivity index (χ0v) is 12.8. The molecule has 0 spiro atoms. The molecular weight excluding hydrogens is 298 g/mol. The van der Waals surface area contributed by atoms with Gasteiger partial charge in [0, 0.05) is 25.2 Å². The Labute approximate surface area is 123 Å². The molecule has 0 amide bonds. The molecule has 2 N–H and O–H groups in total. The van der Waals surface area contributed by atoms with E-state index >= 15 is 0 Å². The minimum absolute atomic E-state index is 0.0690. The number of sulfonamides is 1. The van der Waals surface area contributed by atoms with Gasteiger partial charge in [0.2, 0.25) is 10.0 Å². The topological polar surface area (TPSA) is 111 Å². The quantitative estimate of drug-likeness (QED) is 0.397. The van der Waals surface area contributed by atoms with Crippen LogP contribution in [-0.2, 0) is 10.0 Å². The van der Waals surface area contributed by atoms with Crippen LogP contribution in [-0.4, -0.2) is 40.1 Å². The number of nitro benzene ring substituents is 1. The second-order valence-corrected chi connectivity index (χ2v) is 6.01. The molecule has 0 atom stereocenters. The van der Waals surface area contributed by atoms with Gasteiger partial charge < -0.3 is 10.1 Å². The van der Waals surface area contributed by atoms with Crippen LogP contribution in [0.5, 0.6) is 5.75 Å². The highest BCUT2D eigenvalue weighted by Crippen LogP contribution is 2.29. The van der Waals surface area contributed by atoms with E-state index in [9.17, 15) is 18.5 Å². The Bertz CT molecular complexity index is 589. The largest absolute Gasteiger partial charge is 0.490 e. The summed E-state index contributed by atoms with van der Waals surface area (Å²) in [5, 5.41) is 13.8. The number of benzene rings is 1. The first-order chi connectivity index (χ1) is 9.92. The molecule has 0 unspecified atom stereocenters. The molecule has 0 saturated heterocycles. The Morgan fingerprint density at radius 1 is 1.29 bits per heavy atom. The van der Waals surface area contributed by atoms with Crippen LogP contribution in [0.1, 0.15) is 13.3 Å². The van der Waals surface area contributed by atoms with E-state index in [1.165, 1.54) is 13.2 Å². The van der Waals surface area contributed by atoms with Crippen LogP contribution in [0.3, 0.4) is 0 Å². The monoisotopic (exact) mass is 317 g/mol. The lowest BCUT2D eigenvalue weighted by Gasteiger charge is -2.09. The summed E-state index contributed by atoms with van der Waals surface area (Å²) in [7, 11) is -2.46. The van der Waals surface area contributed by atoms with Crippen LogP contribution in [0, 0.1) is 10.1 Å². The molecule has 0 fully saturated rings. The number of hydrogen-bond donors (Lipinski definition) is 2. The van der Waals surface area contributed by atoms with Crippen LogP contribution in [0.2, 0.25) is 0 Å². The number of hydrogen-bond acceptors (Lipinski definition) is 6. The molecule has 1 rings (SSSR count). The second-order valence-electron chi connectivity index (χ2n) is 4.24. The summed E-state index contributed by atoms with van der Waals surface area (Å²) in [5.74, 6) is -0.0908. The summed E-state index contributed by atoms with van der Waals surface area (Å²) in [6.07, 6.45) is 0.965. The van der Waals surface area contributed by atoms with Gasteiger partial charge in [0.05, 0.1) is 16.9 Å². The van der Waals surface area contributed by atoms with Gasteiger partial charge in [-0.1, -0.05) is 6.92 Å². The molecule has 0 aliphatic rings. The summed E-state index contributed by atoms with van der Waals surface area (Å²) in [6, 6.07) is 3.44. The van der Waals surface area contributed by atoms with Gasteiger partial charge in [-0.05, 0) is 19.0 Å². The predicted octanol–water partition coefficient (Wildman–Crippen LogP) is 0.881. The van der Waals surface area contributed by atoms with Crippen molar-refractivity contribution in [1.29, 1.82) is 0 Å².